The topological polar surface area (TPSA) is 57.6 Å². The van der Waals surface area contributed by atoms with Gasteiger partial charge in [-0.05, 0) is 6.92 Å². The number of quaternary nitrogens is 1. The van der Waals surface area contributed by atoms with Crippen LogP contribution in [0.1, 0.15) is 6.92 Å². The minimum absolute atomic E-state index is 0.00231. The van der Waals surface area contributed by atoms with Crippen molar-refractivity contribution in [3.63, 3.8) is 0 Å². The summed E-state index contributed by atoms with van der Waals surface area (Å²) in [6.07, 6.45) is 0. The highest BCUT2D eigenvalue weighted by molar-refractivity contribution is 7.80. The average Bonchev–Trinajstić information content (AvgIpc) is 2.14. The van der Waals surface area contributed by atoms with E-state index in [1.54, 1.807) is 0 Å². The maximum absolute atomic E-state index is 11.3. The summed E-state index contributed by atoms with van der Waals surface area (Å²) in [7, 11) is -9.94. The molecule has 18 heavy (non-hydrogen) atoms. The summed E-state index contributed by atoms with van der Waals surface area (Å²) in [4.78, 5) is 2.25. The van der Waals surface area contributed by atoms with E-state index in [0.29, 0.717) is 13.1 Å². The van der Waals surface area contributed by atoms with Gasteiger partial charge in [-0.1, -0.05) is 0 Å². The summed E-state index contributed by atoms with van der Waals surface area (Å²) in [5, 5.41) is 0. The lowest BCUT2D eigenvalue weighted by Crippen LogP contribution is -2.73. The summed E-state index contributed by atoms with van der Waals surface area (Å²) in [6.45, 7) is 5.28. The molecule has 1 atom stereocenters. The van der Waals surface area contributed by atoms with Crippen LogP contribution in [0.3, 0.4) is 0 Å². The highest BCUT2D eigenvalue weighted by atomic mass is 32.2. The molecular formula is C7H15BF4N2O3S. The second-order valence-corrected chi connectivity index (χ2v) is 6.11. The molecule has 0 aromatic rings. The molecule has 3 fully saturated rings. The third-order valence-electron chi connectivity index (χ3n) is 3.37. The van der Waals surface area contributed by atoms with Crippen molar-refractivity contribution in [2.45, 2.75) is 13.0 Å². The lowest BCUT2D eigenvalue weighted by molar-refractivity contribution is -0.852. The van der Waals surface area contributed by atoms with Crippen molar-refractivity contribution in [3.05, 3.63) is 0 Å². The normalized spacial score (nSPS) is 35.9. The van der Waals surface area contributed by atoms with Crippen molar-refractivity contribution in [2.75, 3.05) is 32.7 Å². The zero-order valence-electron chi connectivity index (χ0n) is 9.77. The number of fused-ring (bicyclic) bond motifs is 3. The van der Waals surface area contributed by atoms with Crippen molar-refractivity contribution in [1.29, 1.82) is 0 Å². The Morgan fingerprint density at radius 2 is 1.61 bits per heavy atom. The van der Waals surface area contributed by atoms with Crippen LogP contribution in [0, 0.1) is 0 Å². The standard InChI is InChI=1S/C7H14N2O3S.BF4/c1-7-6-8-2-4-9(7,5-3-8)13(10,11)12;2-1(3,4)5/h7H,2-6H2,1H3;/q;-1/p+1. The summed E-state index contributed by atoms with van der Waals surface area (Å²) in [5.41, 5.74) is 0. The lowest BCUT2D eigenvalue weighted by atomic mass is 10.1. The van der Waals surface area contributed by atoms with Crippen molar-refractivity contribution in [1.82, 2.24) is 4.90 Å². The fourth-order valence-electron chi connectivity index (χ4n) is 2.45. The number of piperazine rings is 3. The Morgan fingerprint density at radius 1 is 1.22 bits per heavy atom. The van der Waals surface area contributed by atoms with Gasteiger partial charge in [-0.2, -0.15) is 3.89 Å². The first kappa shape index (κ1) is 15.7. The summed E-state index contributed by atoms with van der Waals surface area (Å²) in [6, 6.07) is -0.00231. The lowest BCUT2D eigenvalue weighted by Gasteiger charge is -2.50. The predicted molar refractivity (Wildman–Crippen MR) is 57.6 cm³/mol. The third kappa shape index (κ3) is 3.56. The minimum atomic E-state index is -6.00. The van der Waals surface area contributed by atoms with E-state index in [-0.39, 0.29) is 9.93 Å². The molecule has 2 bridgehead atoms. The predicted octanol–water partition coefficient (Wildman–Crippen LogP) is 0.624. The molecule has 0 amide bonds. The average molecular weight is 294 g/mol. The molecule has 0 saturated carbocycles. The highest BCUT2D eigenvalue weighted by Gasteiger charge is 2.52. The van der Waals surface area contributed by atoms with Crippen molar-refractivity contribution in [3.8, 4) is 0 Å². The molecule has 11 heteroatoms. The second kappa shape index (κ2) is 4.95. The monoisotopic (exact) mass is 294 g/mol. The summed E-state index contributed by atoms with van der Waals surface area (Å²) >= 11 is 0. The van der Waals surface area contributed by atoms with Crippen LogP contribution in [-0.2, 0) is 10.3 Å². The van der Waals surface area contributed by atoms with Crippen LogP contribution in [0.15, 0.2) is 0 Å². The van der Waals surface area contributed by atoms with E-state index < -0.39 is 17.6 Å². The zero-order valence-corrected chi connectivity index (χ0v) is 10.6. The van der Waals surface area contributed by atoms with E-state index in [9.17, 15) is 30.2 Å². The summed E-state index contributed by atoms with van der Waals surface area (Å²) in [5.74, 6) is 0. The molecule has 3 aliphatic heterocycles. The van der Waals surface area contributed by atoms with E-state index in [4.69, 9.17) is 0 Å². The molecule has 0 aromatic heterocycles. The van der Waals surface area contributed by atoms with E-state index in [2.05, 4.69) is 4.90 Å². The maximum atomic E-state index is 11.3. The van der Waals surface area contributed by atoms with Crippen LogP contribution in [0.5, 0.6) is 0 Å². The Morgan fingerprint density at radius 3 is 1.83 bits per heavy atom. The molecule has 1 N–H and O–H groups in total. The fourth-order valence-corrected chi connectivity index (χ4v) is 3.60. The maximum Gasteiger partial charge on any atom is 0.673 e. The zero-order chi connectivity index (χ0) is 14.2. The van der Waals surface area contributed by atoms with E-state index >= 15 is 0 Å². The summed E-state index contributed by atoms with van der Waals surface area (Å²) < 4.78 is 70.7. The van der Waals surface area contributed by atoms with E-state index in [0.717, 1.165) is 19.6 Å². The number of hydrogen-bond acceptors (Lipinski definition) is 3. The molecule has 0 spiro atoms. The largest absolute Gasteiger partial charge is 0.673 e. The Kier molecular flexibility index (Phi) is 4.31. The molecule has 0 radical (unpaired) electrons. The Labute approximate surface area is 103 Å². The Bertz CT molecular complexity index is 388. The highest BCUT2D eigenvalue weighted by Crippen LogP contribution is 2.28. The first-order chi connectivity index (χ1) is 7.96. The second-order valence-electron chi connectivity index (χ2n) is 4.49. The molecule has 1 unspecified atom stereocenters. The smallest absolute Gasteiger partial charge is 0.418 e. The van der Waals surface area contributed by atoms with Gasteiger partial charge in [0.15, 0.2) is 0 Å². The van der Waals surface area contributed by atoms with Gasteiger partial charge in [0.05, 0.1) is 6.54 Å². The first-order valence-electron chi connectivity index (χ1n) is 5.40. The third-order valence-corrected chi connectivity index (χ3v) is 5.02. The van der Waals surface area contributed by atoms with Crippen molar-refractivity contribution in [2.24, 2.45) is 0 Å². The van der Waals surface area contributed by atoms with Gasteiger partial charge in [-0.25, -0.2) is 4.55 Å². The van der Waals surface area contributed by atoms with Gasteiger partial charge in [0.2, 0.25) is 0 Å². The van der Waals surface area contributed by atoms with Crippen LogP contribution in [0.4, 0.5) is 17.3 Å². The number of rotatable bonds is 1. The molecule has 3 heterocycles. The van der Waals surface area contributed by atoms with Crippen LogP contribution >= 0.6 is 0 Å². The molecule has 0 aliphatic carbocycles. The molecular weight excluding hydrogens is 279 g/mol. The molecule has 5 nitrogen and oxygen atoms in total. The van der Waals surface area contributed by atoms with Crippen molar-refractivity contribution < 1.29 is 34.1 Å². The Balaban J connectivity index is 0.000000280. The number of hydrogen-bond donors (Lipinski definition) is 1. The van der Waals surface area contributed by atoms with Crippen LogP contribution in [0.25, 0.3) is 0 Å². The van der Waals surface area contributed by atoms with Gasteiger partial charge >= 0.3 is 17.6 Å². The van der Waals surface area contributed by atoms with Crippen molar-refractivity contribution >= 4 is 17.6 Å². The molecule has 3 saturated heterocycles. The minimum Gasteiger partial charge on any atom is -0.418 e. The Hall–Kier alpha value is -0.385. The molecule has 3 rings (SSSR count). The van der Waals surface area contributed by atoms with E-state index in [1.165, 1.54) is 0 Å². The number of halogens is 4. The molecule has 0 aromatic carbocycles. The first-order valence-corrected chi connectivity index (χ1v) is 6.79. The quantitative estimate of drug-likeness (QED) is 0.333. The molecule has 3 aliphatic rings. The van der Waals surface area contributed by atoms with Gasteiger partial charge in [0.25, 0.3) is 0 Å². The van der Waals surface area contributed by atoms with Gasteiger partial charge < -0.3 is 17.3 Å². The van der Waals surface area contributed by atoms with Gasteiger partial charge in [0, 0.05) is 13.1 Å². The fraction of sp³-hybridized carbons (Fsp3) is 1.00. The van der Waals surface area contributed by atoms with Gasteiger partial charge in [-0.3, -0.25) is 4.90 Å². The van der Waals surface area contributed by atoms with E-state index in [1.807, 2.05) is 6.92 Å². The van der Waals surface area contributed by atoms with Gasteiger partial charge in [0.1, 0.15) is 19.1 Å². The van der Waals surface area contributed by atoms with Gasteiger partial charge in [-0.15, -0.1) is 8.42 Å². The number of nitrogens with zero attached hydrogens (tertiary/aromatic N) is 2. The SMILES string of the molecule is CC1CN2CC[N+]1(S(=O)(=O)O)CC2.F[B-](F)(F)F. The van der Waals surface area contributed by atoms with Crippen LogP contribution in [-0.4, -0.2) is 67.8 Å². The molecule has 108 valence electrons. The van der Waals surface area contributed by atoms with Crippen LogP contribution in [0.2, 0.25) is 0 Å². The van der Waals surface area contributed by atoms with Crippen LogP contribution < -0.4 is 0 Å².